The number of hydrogen-bond donors (Lipinski definition) is 4. The second-order valence-electron chi connectivity index (χ2n) is 9.95. The Balaban J connectivity index is 1.67. The summed E-state index contributed by atoms with van der Waals surface area (Å²) in [6.45, 7) is 5.70. The van der Waals surface area contributed by atoms with Crippen LogP contribution in [0.15, 0.2) is 41.3 Å². The van der Waals surface area contributed by atoms with Gasteiger partial charge in [0.05, 0.1) is 12.7 Å². The monoisotopic (exact) mass is 621 g/mol. The summed E-state index contributed by atoms with van der Waals surface area (Å²) in [6, 6.07) is 6.99. The number of fused-ring (bicyclic) bond motifs is 1. The smallest absolute Gasteiger partial charge is 0.459 e. The number of para-hydroxylation sites is 1. The van der Waals surface area contributed by atoms with Crippen LogP contribution < -0.4 is 20.9 Å². The van der Waals surface area contributed by atoms with Gasteiger partial charge >= 0.3 is 13.7 Å². The Bertz CT molecular complexity index is 1640. The molecule has 1 fully saturated rings. The average molecular weight is 622 g/mol. The number of aliphatic hydroxyl groups is 1. The van der Waals surface area contributed by atoms with Gasteiger partial charge in [-0.05, 0) is 39.8 Å². The first kappa shape index (κ1) is 32.2. The zero-order valence-corrected chi connectivity index (χ0v) is 25.0. The van der Waals surface area contributed by atoms with Gasteiger partial charge in [0.2, 0.25) is 5.95 Å². The number of carbonyl (C=O) groups is 1. The van der Waals surface area contributed by atoms with E-state index < -0.39 is 73.3 Å². The number of nitrogens with one attached hydrogen (secondary N) is 2. The Morgan fingerprint density at radius 3 is 2.67 bits per heavy atom. The highest BCUT2D eigenvalue weighted by atomic mass is 31.2. The summed E-state index contributed by atoms with van der Waals surface area (Å²) < 4.78 is 58.2. The molecule has 3 heterocycles. The molecule has 0 saturated carbocycles. The van der Waals surface area contributed by atoms with E-state index in [4.69, 9.17) is 29.0 Å². The van der Waals surface area contributed by atoms with Gasteiger partial charge in [-0.1, -0.05) is 24.1 Å². The largest absolute Gasteiger partial charge is 0.462 e. The van der Waals surface area contributed by atoms with E-state index in [9.17, 15) is 23.7 Å². The predicted molar refractivity (Wildman–Crippen MR) is 152 cm³/mol. The summed E-state index contributed by atoms with van der Waals surface area (Å²) in [5, 5.41) is 13.9. The fourth-order valence-corrected chi connectivity index (χ4v) is 6.15. The maximum Gasteiger partial charge on any atom is 0.459 e. The summed E-state index contributed by atoms with van der Waals surface area (Å²) in [7, 11) is -3.05. The third-order valence-electron chi connectivity index (χ3n) is 6.37. The van der Waals surface area contributed by atoms with Gasteiger partial charge in [-0.3, -0.25) is 23.7 Å². The highest BCUT2D eigenvalue weighted by molar-refractivity contribution is 7.52. The Kier molecular flexibility index (Phi) is 9.60. The van der Waals surface area contributed by atoms with Crippen molar-refractivity contribution in [2.45, 2.75) is 63.9 Å². The van der Waals surface area contributed by atoms with Crippen molar-refractivity contribution < 1.29 is 42.1 Å². The lowest BCUT2D eigenvalue weighted by atomic mass is 9.94. The Morgan fingerprint density at radius 2 is 2.05 bits per heavy atom. The van der Waals surface area contributed by atoms with Gasteiger partial charge in [-0.15, -0.1) is 5.92 Å². The molecule has 1 aromatic carbocycles. The van der Waals surface area contributed by atoms with Gasteiger partial charge < -0.3 is 29.6 Å². The normalized spacial score (nSPS) is 23.9. The van der Waals surface area contributed by atoms with Crippen LogP contribution in [0, 0.1) is 17.7 Å². The lowest BCUT2D eigenvalue weighted by Crippen LogP contribution is -2.47. The molecule has 4 rings (SSSR count). The molecule has 232 valence electrons. The van der Waals surface area contributed by atoms with Crippen LogP contribution in [0.2, 0.25) is 0 Å². The van der Waals surface area contributed by atoms with Crippen molar-refractivity contribution in [3.05, 3.63) is 52.7 Å². The minimum atomic E-state index is -4.33. The van der Waals surface area contributed by atoms with Gasteiger partial charge in [-0.2, -0.15) is 10.1 Å². The molecule has 6 atom stereocenters. The topological polar surface area (TPSA) is 189 Å². The molecule has 0 bridgehead atoms. The number of esters is 1. The van der Waals surface area contributed by atoms with Crippen LogP contribution >= 0.6 is 7.75 Å². The second-order valence-corrected chi connectivity index (χ2v) is 11.6. The first-order valence-electron chi connectivity index (χ1n) is 13.2. The number of nitrogens with two attached hydrogens (primary N) is 1. The summed E-state index contributed by atoms with van der Waals surface area (Å²) in [5.41, 5.74) is 2.51. The molecule has 16 heteroatoms. The average Bonchev–Trinajstić information content (AvgIpc) is 3.40. The van der Waals surface area contributed by atoms with Crippen molar-refractivity contribution >= 4 is 30.7 Å². The zero-order chi connectivity index (χ0) is 31.5. The molecule has 2 unspecified atom stereocenters. The van der Waals surface area contributed by atoms with Gasteiger partial charge in [0.25, 0.3) is 5.56 Å². The van der Waals surface area contributed by atoms with Crippen molar-refractivity contribution in [1.82, 2.24) is 19.6 Å². The van der Waals surface area contributed by atoms with E-state index >= 15 is 0 Å². The van der Waals surface area contributed by atoms with Gasteiger partial charge in [0, 0.05) is 13.3 Å². The fourth-order valence-electron chi connectivity index (χ4n) is 4.65. The Morgan fingerprint density at radius 1 is 1.35 bits per heavy atom. The summed E-state index contributed by atoms with van der Waals surface area (Å²) in [4.78, 5) is 31.1. The summed E-state index contributed by atoms with van der Waals surface area (Å²) >= 11 is 0. The summed E-state index contributed by atoms with van der Waals surface area (Å²) in [6.07, 6.45) is -3.43. The molecule has 5 N–H and O–H groups in total. The number of hydrogen-bond acceptors (Lipinski definition) is 11. The quantitative estimate of drug-likeness (QED) is 0.139. The lowest BCUT2D eigenvalue weighted by molar-refractivity contribution is -0.149. The highest BCUT2D eigenvalue weighted by Crippen LogP contribution is 2.47. The molecule has 0 aliphatic carbocycles. The number of benzene rings is 1. The second kappa shape index (κ2) is 12.8. The molecule has 43 heavy (non-hydrogen) atoms. The molecule has 0 radical (unpaired) electrons. The van der Waals surface area contributed by atoms with Crippen LogP contribution in [-0.4, -0.2) is 69.3 Å². The van der Waals surface area contributed by atoms with Crippen molar-refractivity contribution in [1.29, 1.82) is 0 Å². The fraction of sp³-hybridized carbons (Fsp3) is 0.444. The van der Waals surface area contributed by atoms with E-state index in [0.29, 0.717) is 0 Å². The molecule has 3 aromatic rings. The Hall–Kier alpha value is -3.77. The maximum absolute atomic E-state index is 14.9. The van der Waals surface area contributed by atoms with Crippen molar-refractivity contribution in [2.75, 3.05) is 19.5 Å². The Labute approximate surface area is 246 Å². The molecular weight excluding hydrogens is 588 g/mol. The molecule has 2 aromatic heterocycles. The molecule has 1 aliphatic rings. The predicted octanol–water partition coefficient (Wildman–Crippen LogP) is 2.25. The molecule has 0 amide bonds. The zero-order valence-electron chi connectivity index (χ0n) is 24.1. The third kappa shape index (κ3) is 6.75. The standard InChI is InChI=1S/C27H33FN5O9P/c1-6-12-27(36)21(38-5)19(41-25(27)33-13-18(28)20-22(33)30-26(29)31-23(20)34)14-39-43(37,42-17-10-8-7-9-11-17)32-16(4)24(35)40-15(2)3/h7-11,13,15-16,19,21,25,36H,14H2,1-5H3,(H,32,37)(H3,29,30,31,34)/t16-,19+,21-,25+,27?,43?/m0/s1. The minimum Gasteiger partial charge on any atom is -0.462 e. The molecule has 1 aliphatic heterocycles. The number of rotatable bonds is 11. The van der Waals surface area contributed by atoms with Crippen LogP contribution in [-0.2, 0) is 28.1 Å². The maximum atomic E-state index is 14.9. The number of aromatic amines is 1. The first-order valence-corrected chi connectivity index (χ1v) is 14.7. The number of nitrogen functional groups attached to an aromatic ring is 1. The van der Waals surface area contributed by atoms with Crippen molar-refractivity contribution in [3.63, 3.8) is 0 Å². The number of halogens is 1. The number of carbonyl (C=O) groups excluding carboxylic acids is 1. The number of aromatic nitrogens is 3. The van der Waals surface area contributed by atoms with Crippen LogP contribution in [0.3, 0.4) is 0 Å². The van der Waals surface area contributed by atoms with E-state index in [1.165, 1.54) is 33.1 Å². The van der Waals surface area contributed by atoms with Gasteiger partial charge in [-0.25, -0.2) is 8.96 Å². The minimum absolute atomic E-state index is 0.174. The van der Waals surface area contributed by atoms with E-state index in [0.717, 1.165) is 10.8 Å². The van der Waals surface area contributed by atoms with Crippen LogP contribution in [0.1, 0.15) is 33.9 Å². The van der Waals surface area contributed by atoms with Crippen molar-refractivity contribution in [2.24, 2.45) is 0 Å². The molecule has 14 nitrogen and oxygen atoms in total. The number of ether oxygens (including phenoxy) is 3. The number of H-pyrrole nitrogens is 1. The number of anilines is 1. The summed E-state index contributed by atoms with van der Waals surface area (Å²) in [5.74, 6) is 3.49. The van der Waals surface area contributed by atoms with Crippen LogP contribution in [0.4, 0.5) is 10.3 Å². The molecule has 0 spiro atoms. The van der Waals surface area contributed by atoms with Crippen LogP contribution in [0.25, 0.3) is 11.0 Å². The number of methoxy groups -OCH3 is 1. The lowest BCUT2D eigenvalue weighted by Gasteiger charge is -2.29. The molecular formula is C27H33FN5O9P. The van der Waals surface area contributed by atoms with Crippen LogP contribution in [0.5, 0.6) is 5.75 Å². The SMILES string of the molecule is CC#CC1(O)[C@@H](OC)[C@@H](COP(=O)(N[C@@H](C)C(=O)OC(C)C)Oc2ccccc2)O[C@H]1n1cc(F)c2c(=O)[nH]c(N)nc21. The van der Waals surface area contributed by atoms with E-state index in [-0.39, 0.29) is 17.3 Å². The molecule has 1 saturated heterocycles. The van der Waals surface area contributed by atoms with Gasteiger partial charge in [0.1, 0.15) is 29.4 Å². The van der Waals surface area contributed by atoms with Crippen molar-refractivity contribution in [3.8, 4) is 17.6 Å². The number of nitrogens with zero attached hydrogens (tertiary/aromatic N) is 2. The highest BCUT2D eigenvalue weighted by Gasteiger charge is 2.58. The van der Waals surface area contributed by atoms with E-state index in [1.54, 1.807) is 32.0 Å². The third-order valence-corrected chi connectivity index (χ3v) is 8.02. The van der Waals surface area contributed by atoms with E-state index in [1.807, 2.05) is 0 Å². The van der Waals surface area contributed by atoms with E-state index in [2.05, 4.69) is 26.9 Å². The van der Waals surface area contributed by atoms with Gasteiger partial charge in [0.15, 0.2) is 23.3 Å². The first-order chi connectivity index (χ1) is 20.3.